The highest BCUT2D eigenvalue weighted by Gasteiger charge is 2.28. The van der Waals surface area contributed by atoms with Crippen LogP contribution in [0.1, 0.15) is 26.2 Å². The maximum absolute atomic E-state index is 11.7. The lowest BCUT2D eigenvalue weighted by Gasteiger charge is -2.37. The molecule has 0 aliphatic carbocycles. The van der Waals surface area contributed by atoms with Gasteiger partial charge < -0.3 is 14.5 Å². The number of hydrogen-bond acceptors (Lipinski definition) is 4. The highest BCUT2D eigenvalue weighted by atomic mass is 16.6. The molecule has 2 saturated heterocycles. The number of likely N-dealkylation sites (N-methyl/N-ethyl adjacent to an activating group) is 1. The van der Waals surface area contributed by atoms with E-state index in [-0.39, 0.29) is 6.09 Å². The molecule has 0 aromatic rings. The Morgan fingerprint density at radius 2 is 1.84 bits per heavy atom. The highest BCUT2D eigenvalue weighted by Crippen LogP contribution is 2.18. The predicted molar refractivity (Wildman–Crippen MR) is 75.3 cm³/mol. The molecule has 2 aliphatic heterocycles. The lowest BCUT2D eigenvalue weighted by atomic mass is 10.0. The Morgan fingerprint density at radius 1 is 1.11 bits per heavy atom. The molecule has 0 N–H and O–H groups in total. The average Bonchev–Trinajstić information content (AvgIpc) is 2.64. The Balaban J connectivity index is 1.77. The summed E-state index contributed by atoms with van der Waals surface area (Å²) < 4.78 is 5.06. The second kappa shape index (κ2) is 7.10. The Hall–Kier alpha value is -0.810. The summed E-state index contributed by atoms with van der Waals surface area (Å²) in [6.45, 7) is 8.76. The van der Waals surface area contributed by atoms with Gasteiger partial charge in [-0.15, -0.1) is 0 Å². The van der Waals surface area contributed by atoms with Gasteiger partial charge >= 0.3 is 6.09 Å². The summed E-state index contributed by atoms with van der Waals surface area (Å²) in [5.41, 5.74) is 0. The zero-order chi connectivity index (χ0) is 13.7. The summed E-state index contributed by atoms with van der Waals surface area (Å²) in [4.78, 5) is 18.5. The first-order valence-corrected chi connectivity index (χ1v) is 7.55. The third-order valence-electron chi connectivity index (χ3n) is 4.26. The van der Waals surface area contributed by atoms with Crippen molar-refractivity contribution in [2.75, 3.05) is 52.9 Å². The predicted octanol–water partition coefficient (Wildman–Crippen LogP) is 1.24. The van der Waals surface area contributed by atoms with Crippen molar-refractivity contribution in [3.63, 3.8) is 0 Å². The first-order valence-electron chi connectivity index (χ1n) is 7.55. The van der Waals surface area contributed by atoms with Crippen LogP contribution >= 0.6 is 0 Å². The summed E-state index contributed by atoms with van der Waals surface area (Å²) in [7, 11) is 2.20. The van der Waals surface area contributed by atoms with Crippen LogP contribution < -0.4 is 0 Å². The van der Waals surface area contributed by atoms with E-state index in [0.29, 0.717) is 12.6 Å². The zero-order valence-electron chi connectivity index (χ0n) is 12.3. The summed E-state index contributed by atoms with van der Waals surface area (Å²) in [5.74, 6) is 0. The normalized spacial score (nSPS) is 24.2. The first-order chi connectivity index (χ1) is 9.20. The number of carbonyl (C=O) groups excluding carboxylic acids is 1. The van der Waals surface area contributed by atoms with E-state index >= 15 is 0 Å². The van der Waals surface area contributed by atoms with Gasteiger partial charge in [-0.1, -0.05) is 0 Å². The van der Waals surface area contributed by atoms with Crippen LogP contribution in [0.25, 0.3) is 0 Å². The van der Waals surface area contributed by atoms with Crippen LogP contribution in [0.4, 0.5) is 4.79 Å². The number of likely N-dealkylation sites (tertiary alicyclic amines) is 1. The molecule has 2 aliphatic rings. The molecule has 1 amide bonds. The summed E-state index contributed by atoms with van der Waals surface area (Å²) in [6, 6.07) is 0.650. The first kappa shape index (κ1) is 14.6. The van der Waals surface area contributed by atoms with Crippen LogP contribution in [-0.4, -0.2) is 79.8 Å². The molecular formula is C14H27N3O2. The Bertz CT molecular complexity index is 290. The van der Waals surface area contributed by atoms with Gasteiger partial charge in [0.05, 0.1) is 6.61 Å². The SMILES string of the molecule is CCOC(=O)N1CCC(N2CCCN(C)CC2)CC1. The highest BCUT2D eigenvalue weighted by molar-refractivity contribution is 5.67. The monoisotopic (exact) mass is 269 g/mol. The molecule has 0 atom stereocenters. The number of piperidine rings is 1. The van der Waals surface area contributed by atoms with Crippen molar-refractivity contribution >= 4 is 6.09 Å². The molecule has 0 spiro atoms. The van der Waals surface area contributed by atoms with E-state index in [4.69, 9.17) is 4.74 Å². The van der Waals surface area contributed by atoms with E-state index in [1.165, 1.54) is 26.1 Å². The van der Waals surface area contributed by atoms with Gasteiger partial charge in [-0.05, 0) is 46.3 Å². The van der Waals surface area contributed by atoms with Gasteiger partial charge in [0.15, 0.2) is 0 Å². The molecule has 0 saturated carbocycles. The zero-order valence-corrected chi connectivity index (χ0v) is 12.3. The minimum absolute atomic E-state index is 0.142. The summed E-state index contributed by atoms with van der Waals surface area (Å²) in [5, 5.41) is 0. The third-order valence-corrected chi connectivity index (χ3v) is 4.26. The topological polar surface area (TPSA) is 36.0 Å². The van der Waals surface area contributed by atoms with Crippen molar-refractivity contribution in [2.24, 2.45) is 0 Å². The summed E-state index contributed by atoms with van der Waals surface area (Å²) in [6.07, 6.45) is 3.29. The fourth-order valence-electron chi connectivity index (χ4n) is 3.06. The smallest absolute Gasteiger partial charge is 0.409 e. The molecule has 2 rings (SSSR count). The van der Waals surface area contributed by atoms with E-state index < -0.39 is 0 Å². The van der Waals surface area contributed by atoms with E-state index in [9.17, 15) is 4.79 Å². The quantitative estimate of drug-likeness (QED) is 0.756. The van der Waals surface area contributed by atoms with Gasteiger partial charge in [0.2, 0.25) is 0 Å². The molecule has 0 aromatic heterocycles. The van der Waals surface area contributed by atoms with E-state index in [1.807, 2.05) is 11.8 Å². The lowest BCUT2D eigenvalue weighted by Crippen LogP contribution is -2.47. The minimum atomic E-state index is -0.142. The average molecular weight is 269 g/mol. The van der Waals surface area contributed by atoms with Gasteiger partial charge in [-0.25, -0.2) is 4.79 Å². The van der Waals surface area contributed by atoms with Crippen LogP contribution in [0.15, 0.2) is 0 Å². The number of ether oxygens (including phenoxy) is 1. The molecule has 0 bridgehead atoms. The molecule has 110 valence electrons. The molecule has 2 heterocycles. The molecule has 0 radical (unpaired) electrons. The number of rotatable bonds is 2. The van der Waals surface area contributed by atoms with Crippen LogP contribution in [-0.2, 0) is 4.74 Å². The Kier molecular flexibility index (Phi) is 5.45. The van der Waals surface area contributed by atoms with Crippen LogP contribution in [0.2, 0.25) is 0 Å². The maximum Gasteiger partial charge on any atom is 0.409 e. The summed E-state index contributed by atoms with van der Waals surface area (Å²) >= 11 is 0. The van der Waals surface area contributed by atoms with Crippen molar-refractivity contribution in [2.45, 2.75) is 32.2 Å². The van der Waals surface area contributed by atoms with Crippen molar-refractivity contribution in [3.8, 4) is 0 Å². The molecule has 19 heavy (non-hydrogen) atoms. The maximum atomic E-state index is 11.7. The van der Waals surface area contributed by atoms with Crippen molar-refractivity contribution in [3.05, 3.63) is 0 Å². The van der Waals surface area contributed by atoms with Crippen molar-refractivity contribution < 1.29 is 9.53 Å². The number of hydrogen-bond donors (Lipinski definition) is 0. The van der Waals surface area contributed by atoms with Crippen molar-refractivity contribution in [1.29, 1.82) is 0 Å². The fourth-order valence-corrected chi connectivity index (χ4v) is 3.06. The third kappa shape index (κ3) is 4.08. The fraction of sp³-hybridized carbons (Fsp3) is 0.929. The van der Waals surface area contributed by atoms with E-state index in [2.05, 4.69) is 16.8 Å². The number of amides is 1. The molecule has 5 nitrogen and oxygen atoms in total. The Labute approximate surface area is 116 Å². The molecule has 0 aromatic carbocycles. The molecule has 0 unspecified atom stereocenters. The second-order valence-corrected chi connectivity index (χ2v) is 5.61. The van der Waals surface area contributed by atoms with Gasteiger partial charge in [-0.3, -0.25) is 4.90 Å². The molecule has 2 fully saturated rings. The molecule has 5 heteroatoms. The van der Waals surface area contributed by atoms with Crippen LogP contribution in [0.3, 0.4) is 0 Å². The van der Waals surface area contributed by atoms with Gasteiger partial charge in [0.25, 0.3) is 0 Å². The second-order valence-electron chi connectivity index (χ2n) is 5.61. The molecular weight excluding hydrogens is 242 g/mol. The minimum Gasteiger partial charge on any atom is -0.450 e. The lowest BCUT2D eigenvalue weighted by molar-refractivity contribution is 0.0758. The van der Waals surface area contributed by atoms with Crippen molar-refractivity contribution in [1.82, 2.24) is 14.7 Å². The van der Waals surface area contributed by atoms with Gasteiger partial charge in [0.1, 0.15) is 0 Å². The number of nitrogens with zero attached hydrogens (tertiary/aromatic N) is 3. The van der Waals surface area contributed by atoms with Gasteiger partial charge in [-0.2, -0.15) is 0 Å². The van der Waals surface area contributed by atoms with Crippen LogP contribution in [0.5, 0.6) is 0 Å². The van der Waals surface area contributed by atoms with Gasteiger partial charge in [0, 0.05) is 32.2 Å². The van der Waals surface area contributed by atoms with E-state index in [0.717, 1.165) is 32.5 Å². The van der Waals surface area contributed by atoms with Crippen LogP contribution in [0, 0.1) is 0 Å². The Morgan fingerprint density at radius 3 is 2.53 bits per heavy atom. The van der Waals surface area contributed by atoms with E-state index in [1.54, 1.807) is 0 Å². The standard InChI is InChI=1S/C14H27N3O2/c1-3-19-14(18)17-9-5-13(6-10-17)16-8-4-7-15(2)11-12-16/h13H,3-12H2,1-2H3. The number of carbonyl (C=O) groups is 1. The largest absolute Gasteiger partial charge is 0.450 e.